The monoisotopic (exact) mass is 285 g/mol. The quantitative estimate of drug-likeness (QED) is 0.534. The zero-order valence-electron chi connectivity index (χ0n) is 10.3. The number of nitro groups is 1. The molecule has 0 radical (unpaired) electrons. The molecule has 1 aromatic heterocycles. The highest BCUT2D eigenvalue weighted by molar-refractivity contribution is 5.84. The number of carbonyl (C=O) groups excluding carboxylic acids is 1. The molecular weight excluding hydrogens is 274 g/mol. The lowest BCUT2D eigenvalue weighted by Crippen LogP contribution is -2.42. The molecule has 11 nitrogen and oxygen atoms in total. The van der Waals surface area contributed by atoms with E-state index in [2.05, 4.69) is 10.1 Å². The van der Waals surface area contributed by atoms with Gasteiger partial charge in [-0.15, -0.1) is 0 Å². The molecule has 1 amide bonds. The van der Waals surface area contributed by atoms with Crippen molar-refractivity contribution in [3.05, 3.63) is 15.9 Å². The summed E-state index contributed by atoms with van der Waals surface area (Å²) in [4.78, 5) is 37.2. The minimum atomic E-state index is -1.49. The van der Waals surface area contributed by atoms with E-state index >= 15 is 0 Å². The van der Waals surface area contributed by atoms with Gasteiger partial charge in [-0.25, -0.2) is 4.79 Å². The summed E-state index contributed by atoms with van der Waals surface area (Å²) in [6.45, 7) is 1.16. The highest BCUT2D eigenvalue weighted by Crippen LogP contribution is 2.08. The molecule has 2 rings (SSSR count). The fraction of sp³-hybridized carbons (Fsp3) is 0.556. The number of ether oxygens (including phenoxy) is 1. The Morgan fingerprint density at radius 2 is 2.05 bits per heavy atom. The van der Waals surface area contributed by atoms with Crippen LogP contribution in [0.15, 0.2) is 0 Å². The molecule has 0 saturated carbocycles. The average Bonchev–Trinajstić information content (AvgIpc) is 2.84. The third-order valence-electron chi connectivity index (χ3n) is 2.66. The van der Waals surface area contributed by atoms with E-state index in [0.29, 0.717) is 26.3 Å². The van der Waals surface area contributed by atoms with Crippen molar-refractivity contribution in [2.75, 3.05) is 26.3 Å². The number of hydrogen-bond donors (Lipinski definition) is 1. The Labute approximate surface area is 111 Å². The van der Waals surface area contributed by atoms with Crippen LogP contribution < -0.4 is 0 Å². The van der Waals surface area contributed by atoms with Crippen LogP contribution >= 0.6 is 0 Å². The van der Waals surface area contributed by atoms with Crippen LogP contribution in [0.2, 0.25) is 0 Å². The van der Waals surface area contributed by atoms with Gasteiger partial charge in [-0.3, -0.25) is 4.79 Å². The second-order valence-corrected chi connectivity index (χ2v) is 3.95. The molecule has 1 fully saturated rings. The molecule has 1 aliphatic rings. The Morgan fingerprint density at radius 1 is 1.40 bits per heavy atom. The largest absolute Gasteiger partial charge is 0.491 e. The standard InChI is InChI=1S/C9H11N5O6/c15-6(12-1-3-20-4-2-12)5-13-7(8(16)17)10-9(11-13)14(18)19/h1-5H2,(H,16,17). The van der Waals surface area contributed by atoms with E-state index in [0.717, 1.165) is 4.68 Å². The molecule has 11 heteroatoms. The summed E-state index contributed by atoms with van der Waals surface area (Å²) in [7, 11) is 0. The number of hydrogen-bond acceptors (Lipinski definition) is 7. The predicted octanol–water partition coefficient (Wildman–Crippen LogP) is -1.26. The van der Waals surface area contributed by atoms with E-state index in [1.54, 1.807) is 0 Å². The topological polar surface area (TPSA) is 141 Å². The number of carbonyl (C=O) groups is 2. The van der Waals surface area contributed by atoms with Crippen molar-refractivity contribution < 1.29 is 24.4 Å². The molecule has 0 aliphatic carbocycles. The van der Waals surface area contributed by atoms with Gasteiger partial charge in [0.05, 0.1) is 13.2 Å². The van der Waals surface area contributed by atoms with Gasteiger partial charge >= 0.3 is 17.7 Å². The van der Waals surface area contributed by atoms with Gasteiger partial charge in [-0.2, -0.15) is 4.68 Å². The highest BCUT2D eigenvalue weighted by Gasteiger charge is 2.29. The lowest BCUT2D eigenvalue weighted by atomic mass is 10.4. The molecule has 0 spiro atoms. The van der Waals surface area contributed by atoms with Gasteiger partial charge < -0.3 is 24.9 Å². The number of amides is 1. The zero-order valence-corrected chi connectivity index (χ0v) is 10.3. The summed E-state index contributed by atoms with van der Waals surface area (Å²) in [5.41, 5.74) is 0. The summed E-state index contributed by atoms with van der Waals surface area (Å²) in [5.74, 6) is -3.37. The Hall–Kier alpha value is -2.56. The normalized spacial score (nSPS) is 15.1. The lowest BCUT2D eigenvalue weighted by Gasteiger charge is -2.26. The molecule has 0 aromatic carbocycles. The van der Waals surface area contributed by atoms with Crippen molar-refractivity contribution in [2.24, 2.45) is 0 Å². The van der Waals surface area contributed by atoms with E-state index in [1.165, 1.54) is 4.90 Å². The molecule has 1 aromatic rings. The Bertz CT molecular complexity index is 549. The maximum absolute atomic E-state index is 11.9. The number of carboxylic acid groups (broad SMARTS) is 1. The number of morpholine rings is 1. The van der Waals surface area contributed by atoms with Crippen LogP contribution in [0, 0.1) is 10.1 Å². The number of rotatable bonds is 4. The summed E-state index contributed by atoms with van der Waals surface area (Å²) in [6.07, 6.45) is 0. The van der Waals surface area contributed by atoms with Crippen LogP contribution in [0.25, 0.3) is 0 Å². The fourth-order valence-electron chi connectivity index (χ4n) is 1.72. The van der Waals surface area contributed by atoms with E-state index in [1.807, 2.05) is 0 Å². The molecule has 108 valence electrons. The van der Waals surface area contributed by atoms with E-state index in [-0.39, 0.29) is 0 Å². The van der Waals surface area contributed by atoms with Crippen LogP contribution in [-0.2, 0) is 16.1 Å². The SMILES string of the molecule is O=C(O)c1nc([N+](=O)[O-])nn1CC(=O)N1CCOCC1. The molecule has 0 atom stereocenters. The van der Waals surface area contributed by atoms with Gasteiger partial charge in [0, 0.05) is 18.2 Å². The zero-order chi connectivity index (χ0) is 14.7. The van der Waals surface area contributed by atoms with Crippen molar-refractivity contribution in [3.63, 3.8) is 0 Å². The van der Waals surface area contributed by atoms with Crippen molar-refractivity contribution >= 4 is 17.8 Å². The van der Waals surface area contributed by atoms with Gasteiger partial charge in [0.2, 0.25) is 5.91 Å². The van der Waals surface area contributed by atoms with Crippen LogP contribution in [0.4, 0.5) is 5.95 Å². The highest BCUT2D eigenvalue weighted by atomic mass is 16.6. The molecule has 2 heterocycles. The molecule has 1 N–H and O–H groups in total. The maximum Gasteiger partial charge on any atom is 0.491 e. The van der Waals surface area contributed by atoms with Crippen LogP contribution in [-0.4, -0.2) is 67.9 Å². The lowest BCUT2D eigenvalue weighted by molar-refractivity contribution is -0.394. The molecule has 1 saturated heterocycles. The van der Waals surface area contributed by atoms with E-state index in [9.17, 15) is 19.7 Å². The first-order valence-corrected chi connectivity index (χ1v) is 5.67. The molecular formula is C9H11N5O6. The first kappa shape index (κ1) is 13.9. The smallest absolute Gasteiger partial charge is 0.474 e. The first-order chi connectivity index (χ1) is 9.49. The van der Waals surface area contributed by atoms with Gasteiger partial charge in [0.25, 0.3) is 0 Å². The Balaban J connectivity index is 2.16. The van der Waals surface area contributed by atoms with Gasteiger partial charge in [0.15, 0.2) is 0 Å². The summed E-state index contributed by atoms with van der Waals surface area (Å²) < 4.78 is 5.81. The van der Waals surface area contributed by atoms with Crippen LogP contribution in [0.1, 0.15) is 10.6 Å². The minimum absolute atomic E-state index is 0.387. The number of aromatic nitrogens is 3. The fourth-order valence-corrected chi connectivity index (χ4v) is 1.72. The average molecular weight is 285 g/mol. The second kappa shape index (κ2) is 5.61. The number of carboxylic acids is 1. The van der Waals surface area contributed by atoms with Crippen molar-refractivity contribution in [1.29, 1.82) is 0 Å². The van der Waals surface area contributed by atoms with Crippen LogP contribution in [0.3, 0.4) is 0 Å². The predicted molar refractivity (Wildman–Crippen MR) is 61.0 cm³/mol. The minimum Gasteiger partial charge on any atom is -0.474 e. The molecule has 0 bridgehead atoms. The van der Waals surface area contributed by atoms with Crippen LogP contribution in [0.5, 0.6) is 0 Å². The van der Waals surface area contributed by atoms with E-state index < -0.39 is 35.1 Å². The van der Waals surface area contributed by atoms with Gasteiger partial charge in [0.1, 0.15) is 6.54 Å². The summed E-state index contributed by atoms with van der Waals surface area (Å²) >= 11 is 0. The molecule has 0 unspecified atom stereocenters. The van der Waals surface area contributed by atoms with Crippen molar-refractivity contribution in [2.45, 2.75) is 6.54 Å². The molecule has 20 heavy (non-hydrogen) atoms. The van der Waals surface area contributed by atoms with Gasteiger partial charge in [-0.05, 0) is 9.91 Å². The third kappa shape index (κ3) is 2.88. The summed E-state index contributed by atoms with van der Waals surface area (Å²) in [6, 6.07) is 0. The van der Waals surface area contributed by atoms with Crippen molar-refractivity contribution in [3.8, 4) is 0 Å². The number of nitrogens with zero attached hydrogens (tertiary/aromatic N) is 5. The number of aromatic carboxylic acids is 1. The summed E-state index contributed by atoms with van der Waals surface area (Å²) in [5, 5.41) is 22.8. The van der Waals surface area contributed by atoms with Crippen molar-refractivity contribution in [1.82, 2.24) is 19.7 Å². The van der Waals surface area contributed by atoms with Gasteiger partial charge in [-0.1, -0.05) is 0 Å². The molecule has 1 aliphatic heterocycles. The Kier molecular flexibility index (Phi) is 3.89. The maximum atomic E-state index is 11.9. The third-order valence-corrected chi connectivity index (χ3v) is 2.66. The second-order valence-electron chi connectivity index (χ2n) is 3.95. The first-order valence-electron chi connectivity index (χ1n) is 5.67. The Morgan fingerprint density at radius 3 is 2.60 bits per heavy atom. The van der Waals surface area contributed by atoms with E-state index in [4.69, 9.17) is 9.84 Å².